The van der Waals surface area contributed by atoms with Crippen LogP contribution in [0.2, 0.25) is 0 Å². The van der Waals surface area contributed by atoms with E-state index < -0.39 is 29.6 Å². The van der Waals surface area contributed by atoms with Gasteiger partial charge in [-0.25, -0.2) is 9.78 Å². The minimum absolute atomic E-state index is 0.0537. The van der Waals surface area contributed by atoms with Gasteiger partial charge in [0.25, 0.3) is 0 Å². The lowest BCUT2D eigenvalue weighted by molar-refractivity contribution is -0.274. The molecule has 0 aliphatic rings. The van der Waals surface area contributed by atoms with Crippen molar-refractivity contribution in [3.8, 4) is 5.75 Å². The number of ether oxygens (including phenoxy) is 2. The van der Waals surface area contributed by atoms with Gasteiger partial charge in [-0.3, -0.25) is 10.1 Å². The van der Waals surface area contributed by atoms with Gasteiger partial charge in [-0.2, -0.15) is 0 Å². The number of halogens is 3. The molecule has 0 aliphatic heterocycles. The number of amides is 1. The largest absolute Gasteiger partial charge is 0.573 e. The van der Waals surface area contributed by atoms with Crippen molar-refractivity contribution in [1.82, 2.24) is 4.98 Å². The number of pyridine rings is 1. The summed E-state index contributed by atoms with van der Waals surface area (Å²) in [5.74, 6) is -1.17. The highest BCUT2D eigenvalue weighted by Gasteiger charge is 2.32. The fraction of sp³-hybridized carbons (Fsp3) is 0.133. The number of rotatable bonds is 5. The monoisotopic (exact) mass is 340 g/mol. The molecular formula is C15H11F3N2O4. The average Bonchev–Trinajstić information content (AvgIpc) is 2.53. The lowest BCUT2D eigenvalue weighted by Crippen LogP contribution is -2.20. The van der Waals surface area contributed by atoms with Gasteiger partial charge in [-0.1, -0.05) is 30.3 Å². The molecule has 1 aromatic heterocycles. The number of aldehydes is 1. The Kier molecular flexibility index (Phi) is 5.35. The van der Waals surface area contributed by atoms with Gasteiger partial charge >= 0.3 is 12.5 Å². The number of anilines is 1. The number of benzene rings is 1. The van der Waals surface area contributed by atoms with Gasteiger partial charge < -0.3 is 9.47 Å². The van der Waals surface area contributed by atoms with E-state index in [1.54, 1.807) is 30.3 Å². The van der Waals surface area contributed by atoms with Crippen LogP contribution in [-0.2, 0) is 11.3 Å². The summed E-state index contributed by atoms with van der Waals surface area (Å²) in [4.78, 5) is 26.4. The second kappa shape index (κ2) is 7.44. The van der Waals surface area contributed by atoms with Gasteiger partial charge in [0.15, 0.2) is 6.29 Å². The molecule has 0 saturated carbocycles. The Hall–Kier alpha value is -3.10. The molecule has 0 bridgehead atoms. The SMILES string of the molecule is O=Cc1c(OC(F)(F)F)ccnc1NC(=O)OCc1ccccc1. The molecule has 9 heteroatoms. The van der Waals surface area contributed by atoms with Crippen molar-refractivity contribution in [2.75, 3.05) is 5.32 Å². The molecule has 1 heterocycles. The van der Waals surface area contributed by atoms with E-state index in [0.29, 0.717) is 5.56 Å². The van der Waals surface area contributed by atoms with Gasteiger partial charge in [0.05, 0.1) is 5.56 Å². The highest BCUT2D eigenvalue weighted by atomic mass is 19.4. The number of hydrogen-bond acceptors (Lipinski definition) is 5. The quantitative estimate of drug-likeness (QED) is 0.843. The molecule has 24 heavy (non-hydrogen) atoms. The van der Waals surface area contributed by atoms with E-state index >= 15 is 0 Å². The number of aromatic nitrogens is 1. The molecule has 0 unspecified atom stereocenters. The fourth-order valence-electron chi connectivity index (χ4n) is 1.74. The second-order valence-electron chi connectivity index (χ2n) is 4.42. The third-order valence-corrected chi connectivity index (χ3v) is 2.73. The fourth-order valence-corrected chi connectivity index (χ4v) is 1.74. The Balaban J connectivity index is 2.07. The van der Waals surface area contributed by atoms with Crippen LogP contribution >= 0.6 is 0 Å². The van der Waals surface area contributed by atoms with Crippen LogP contribution in [0.1, 0.15) is 15.9 Å². The first-order valence-corrected chi connectivity index (χ1v) is 6.56. The van der Waals surface area contributed by atoms with Crippen LogP contribution in [0.15, 0.2) is 42.6 Å². The highest BCUT2D eigenvalue weighted by molar-refractivity contribution is 5.93. The van der Waals surface area contributed by atoms with Gasteiger partial charge in [0, 0.05) is 6.20 Å². The van der Waals surface area contributed by atoms with Gasteiger partial charge in [0.2, 0.25) is 0 Å². The Morgan fingerprint density at radius 1 is 1.21 bits per heavy atom. The van der Waals surface area contributed by atoms with E-state index in [1.807, 2.05) is 0 Å². The zero-order valence-corrected chi connectivity index (χ0v) is 12.0. The van der Waals surface area contributed by atoms with E-state index in [9.17, 15) is 22.8 Å². The molecule has 1 N–H and O–H groups in total. The number of alkyl halides is 3. The van der Waals surface area contributed by atoms with Crippen molar-refractivity contribution in [2.24, 2.45) is 0 Å². The number of carbonyl (C=O) groups is 2. The summed E-state index contributed by atoms with van der Waals surface area (Å²) in [5.41, 5.74) is 0.164. The number of nitrogens with one attached hydrogen (secondary N) is 1. The molecule has 0 atom stereocenters. The third kappa shape index (κ3) is 4.97. The predicted octanol–water partition coefficient (Wildman–Crippen LogP) is 3.54. The van der Waals surface area contributed by atoms with Crippen molar-refractivity contribution in [3.63, 3.8) is 0 Å². The van der Waals surface area contributed by atoms with Crippen molar-refractivity contribution >= 4 is 18.2 Å². The maximum Gasteiger partial charge on any atom is 0.573 e. The van der Waals surface area contributed by atoms with Crippen LogP contribution in [-0.4, -0.2) is 23.7 Å². The maximum absolute atomic E-state index is 12.3. The summed E-state index contributed by atoms with van der Waals surface area (Å²) in [6.45, 7) is -0.0537. The molecule has 6 nitrogen and oxygen atoms in total. The van der Waals surface area contributed by atoms with Crippen molar-refractivity contribution < 1.29 is 32.2 Å². The summed E-state index contributed by atoms with van der Waals surface area (Å²) < 4.78 is 45.5. The van der Waals surface area contributed by atoms with Crippen molar-refractivity contribution in [3.05, 3.63) is 53.7 Å². The molecule has 1 amide bonds. The van der Waals surface area contributed by atoms with Gasteiger partial charge in [-0.15, -0.1) is 13.2 Å². The molecule has 0 aliphatic carbocycles. The molecule has 2 rings (SSSR count). The number of carbonyl (C=O) groups excluding carboxylic acids is 2. The zero-order chi connectivity index (χ0) is 17.6. The smallest absolute Gasteiger partial charge is 0.444 e. The normalized spacial score (nSPS) is 10.8. The Morgan fingerprint density at radius 2 is 1.92 bits per heavy atom. The predicted molar refractivity (Wildman–Crippen MR) is 76.6 cm³/mol. The topological polar surface area (TPSA) is 77.5 Å². The standard InChI is InChI=1S/C15H11F3N2O4/c16-15(17,18)24-12-6-7-19-13(11(12)8-21)20-14(22)23-9-10-4-2-1-3-5-10/h1-8H,9H2,(H,19,20,22). The summed E-state index contributed by atoms with van der Waals surface area (Å²) in [6.07, 6.45) is -4.90. The first kappa shape index (κ1) is 17.3. The van der Waals surface area contributed by atoms with Gasteiger partial charge in [0.1, 0.15) is 18.2 Å². The van der Waals surface area contributed by atoms with Crippen molar-refractivity contribution in [2.45, 2.75) is 13.0 Å². The third-order valence-electron chi connectivity index (χ3n) is 2.73. The average molecular weight is 340 g/mol. The van der Waals surface area contributed by atoms with Crippen LogP contribution in [0.25, 0.3) is 0 Å². The first-order chi connectivity index (χ1) is 11.4. The van der Waals surface area contributed by atoms with Crippen LogP contribution in [0.3, 0.4) is 0 Å². The Bertz CT molecular complexity index is 720. The summed E-state index contributed by atoms with van der Waals surface area (Å²) >= 11 is 0. The molecule has 0 fully saturated rings. The van der Waals surface area contributed by atoms with Crippen molar-refractivity contribution in [1.29, 1.82) is 0 Å². The van der Waals surface area contributed by atoms with Crippen LogP contribution in [0, 0.1) is 0 Å². The molecule has 126 valence electrons. The van der Waals surface area contributed by atoms with E-state index in [2.05, 4.69) is 15.0 Å². The lowest BCUT2D eigenvalue weighted by atomic mass is 10.2. The van der Waals surface area contributed by atoms with E-state index in [1.165, 1.54) is 0 Å². The summed E-state index contributed by atoms with van der Waals surface area (Å²) in [5, 5.41) is 2.11. The molecule has 1 aromatic carbocycles. The van der Waals surface area contributed by atoms with Gasteiger partial charge in [-0.05, 0) is 11.6 Å². The molecule has 0 spiro atoms. The van der Waals surface area contributed by atoms with Crippen LogP contribution < -0.4 is 10.1 Å². The number of nitrogens with zero attached hydrogens (tertiary/aromatic N) is 1. The van der Waals surface area contributed by atoms with E-state index in [4.69, 9.17) is 4.74 Å². The number of hydrogen-bond donors (Lipinski definition) is 1. The van der Waals surface area contributed by atoms with Crippen LogP contribution in [0.5, 0.6) is 5.75 Å². The minimum Gasteiger partial charge on any atom is -0.444 e. The minimum atomic E-state index is -4.98. The Morgan fingerprint density at radius 3 is 2.54 bits per heavy atom. The lowest BCUT2D eigenvalue weighted by Gasteiger charge is -2.13. The summed E-state index contributed by atoms with van der Waals surface area (Å²) in [7, 11) is 0. The highest BCUT2D eigenvalue weighted by Crippen LogP contribution is 2.28. The van der Waals surface area contributed by atoms with Crippen LogP contribution in [0.4, 0.5) is 23.8 Å². The first-order valence-electron chi connectivity index (χ1n) is 6.56. The van der Waals surface area contributed by atoms with E-state index in [-0.39, 0.29) is 12.9 Å². The van der Waals surface area contributed by atoms with E-state index in [0.717, 1.165) is 12.3 Å². The zero-order valence-electron chi connectivity index (χ0n) is 12.0. The Labute approximate surface area is 134 Å². The summed E-state index contributed by atoms with van der Waals surface area (Å²) in [6, 6.07) is 9.59. The molecule has 2 aromatic rings. The molecule has 0 radical (unpaired) electrons. The molecular weight excluding hydrogens is 329 g/mol. The second-order valence-corrected chi connectivity index (χ2v) is 4.42. The maximum atomic E-state index is 12.3. The molecule has 0 saturated heterocycles.